The Morgan fingerprint density at radius 1 is 0.829 bits per heavy atom. The van der Waals surface area contributed by atoms with Gasteiger partial charge in [0.1, 0.15) is 0 Å². The first kappa shape index (κ1) is 34.1. The molecule has 3 saturated carbocycles. The lowest BCUT2D eigenvalue weighted by atomic mass is 9.31. The second-order valence-electron chi connectivity index (χ2n) is 16.4. The molecular weight excluding hydrogens is 545 g/mol. The van der Waals surface area contributed by atoms with Crippen LogP contribution in [0.3, 0.4) is 0 Å². The van der Waals surface area contributed by atoms with Gasteiger partial charge in [0.25, 0.3) is 0 Å². The minimum atomic E-state index is 0.294. The van der Waals surface area contributed by atoms with Gasteiger partial charge in [-0.25, -0.2) is 0 Å². The molecule has 0 saturated heterocycles. The summed E-state index contributed by atoms with van der Waals surface area (Å²) in [7, 11) is 0. The van der Waals surface area contributed by atoms with Crippen LogP contribution in [-0.4, -0.2) is 49.0 Å². The zero-order valence-corrected chi connectivity index (χ0v) is 29.7. The first-order chi connectivity index (χ1) is 19.3. The number of alkyl halides is 2. The number of nitrogens with zero attached hydrogens (tertiary/aromatic N) is 1. The van der Waals surface area contributed by atoms with E-state index in [0.717, 1.165) is 56.8 Å². The summed E-state index contributed by atoms with van der Waals surface area (Å²) in [6.45, 7) is 24.7. The van der Waals surface area contributed by atoms with Crippen LogP contribution in [0.2, 0.25) is 0 Å². The summed E-state index contributed by atoms with van der Waals surface area (Å²) in [5, 5.41) is 0. The number of allylic oxidation sites excluding steroid dienone is 1. The summed E-state index contributed by atoms with van der Waals surface area (Å²) in [6, 6.07) is 0. The average molecular weight is 611 g/mol. The Morgan fingerprint density at radius 2 is 1.54 bits per heavy atom. The van der Waals surface area contributed by atoms with Crippen molar-refractivity contribution in [2.45, 2.75) is 139 Å². The zero-order chi connectivity index (χ0) is 30.1. The van der Waals surface area contributed by atoms with E-state index in [9.17, 15) is 0 Å². The lowest BCUT2D eigenvalue weighted by molar-refractivity contribution is -0.223. The van der Waals surface area contributed by atoms with Crippen LogP contribution in [-0.2, 0) is 4.74 Å². The maximum absolute atomic E-state index is 6.54. The second kappa shape index (κ2) is 13.3. The van der Waals surface area contributed by atoms with Gasteiger partial charge in [0.15, 0.2) is 0 Å². The summed E-state index contributed by atoms with van der Waals surface area (Å²) >= 11 is 12.0. The Morgan fingerprint density at radius 3 is 2.20 bits per heavy atom. The standard InChI is InChI=1S/C37H65Cl2NO/c1-28(2)11-9-12-29(3)32-15-18-35(6)34(32,5)19-20-36(7)33(4)16-14-31(27-30(33)13-17-37(35,36)8)41-26-10-23-40(24-21-38)25-22-39/h13,28-29,31-32H,9-12,14-27H2,1-8H3/t29-,31+,32-,33+,34-,35-,36-,37+/m1/s1. The average Bonchev–Trinajstić information content (AvgIpc) is 3.20. The molecule has 0 amide bonds. The number of hydrogen-bond acceptors (Lipinski definition) is 2. The predicted octanol–water partition coefficient (Wildman–Crippen LogP) is 10.8. The molecule has 0 aromatic heterocycles. The maximum atomic E-state index is 6.54. The molecule has 0 spiro atoms. The lowest BCUT2D eigenvalue weighted by Crippen LogP contribution is -2.66. The van der Waals surface area contributed by atoms with Crippen molar-refractivity contribution < 1.29 is 4.74 Å². The van der Waals surface area contributed by atoms with Crippen molar-refractivity contribution >= 4 is 23.2 Å². The van der Waals surface area contributed by atoms with Crippen molar-refractivity contribution in [1.29, 1.82) is 0 Å². The highest BCUT2D eigenvalue weighted by Gasteiger charge is 2.73. The van der Waals surface area contributed by atoms with E-state index in [1.807, 2.05) is 0 Å². The molecule has 41 heavy (non-hydrogen) atoms. The Bertz CT molecular complexity index is 899. The largest absolute Gasteiger partial charge is 0.378 e. The summed E-state index contributed by atoms with van der Waals surface area (Å²) < 4.78 is 6.54. The summed E-state index contributed by atoms with van der Waals surface area (Å²) in [6.07, 6.45) is 18.9. The Balaban J connectivity index is 1.45. The highest BCUT2D eigenvalue weighted by molar-refractivity contribution is 6.18. The molecular formula is C37H65Cl2NO. The van der Waals surface area contributed by atoms with Crippen LogP contribution in [0, 0.1) is 44.8 Å². The Kier molecular flexibility index (Phi) is 11.1. The van der Waals surface area contributed by atoms with Crippen LogP contribution in [0.4, 0.5) is 0 Å². The molecule has 3 fully saturated rings. The summed E-state index contributed by atoms with van der Waals surface area (Å²) in [5.74, 6) is 3.90. The molecule has 4 aliphatic carbocycles. The van der Waals surface area contributed by atoms with Gasteiger partial charge in [-0.15, -0.1) is 23.2 Å². The topological polar surface area (TPSA) is 12.5 Å². The van der Waals surface area contributed by atoms with Crippen LogP contribution in [0.1, 0.15) is 132 Å². The van der Waals surface area contributed by atoms with E-state index in [1.165, 1.54) is 64.2 Å². The Hall–Kier alpha value is 0.240. The Labute approximate surface area is 265 Å². The van der Waals surface area contributed by atoms with Gasteiger partial charge < -0.3 is 9.64 Å². The number of rotatable bonds is 14. The molecule has 4 rings (SSSR count). The fourth-order valence-electron chi connectivity index (χ4n) is 11.2. The van der Waals surface area contributed by atoms with Gasteiger partial charge in [0.2, 0.25) is 0 Å². The minimum Gasteiger partial charge on any atom is -0.378 e. The van der Waals surface area contributed by atoms with Gasteiger partial charge in [-0.05, 0) is 103 Å². The zero-order valence-electron chi connectivity index (χ0n) is 28.2. The van der Waals surface area contributed by atoms with E-state index in [-0.39, 0.29) is 0 Å². The molecule has 4 heteroatoms. The molecule has 2 nitrogen and oxygen atoms in total. The molecule has 0 aliphatic heterocycles. The molecule has 0 aromatic carbocycles. The minimum absolute atomic E-state index is 0.294. The first-order valence-electron chi connectivity index (χ1n) is 17.5. The second-order valence-corrected chi connectivity index (χ2v) is 17.2. The lowest BCUT2D eigenvalue weighted by Gasteiger charge is -2.73. The molecule has 8 atom stereocenters. The van der Waals surface area contributed by atoms with E-state index in [4.69, 9.17) is 27.9 Å². The van der Waals surface area contributed by atoms with Gasteiger partial charge in [-0.2, -0.15) is 0 Å². The van der Waals surface area contributed by atoms with Crippen LogP contribution in [0.5, 0.6) is 0 Å². The van der Waals surface area contributed by atoms with E-state index < -0.39 is 0 Å². The van der Waals surface area contributed by atoms with Crippen LogP contribution in [0.15, 0.2) is 11.6 Å². The molecule has 0 heterocycles. The highest BCUT2D eigenvalue weighted by Crippen LogP contribution is 2.81. The first-order valence-corrected chi connectivity index (χ1v) is 18.5. The van der Waals surface area contributed by atoms with Gasteiger partial charge in [0, 0.05) is 38.0 Å². The normalized spacial score (nSPS) is 41.2. The van der Waals surface area contributed by atoms with Crippen molar-refractivity contribution in [3.63, 3.8) is 0 Å². The van der Waals surface area contributed by atoms with Crippen molar-refractivity contribution in [2.24, 2.45) is 44.8 Å². The van der Waals surface area contributed by atoms with E-state index in [0.29, 0.717) is 44.9 Å². The maximum Gasteiger partial charge on any atom is 0.0612 e. The fraction of sp³-hybridized carbons (Fsp3) is 0.946. The number of fused-ring (bicyclic) bond motifs is 5. The van der Waals surface area contributed by atoms with Crippen molar-refractivity contribution in [3.05, 3.63) is 11.6 Å². The molecule has 0 N–H and O–H groups in total. The molecule has 4 aliphatic rings. The van der Waals surface area contributed by atoms with E-state index in [2.05, 4.69) is 66.4 Å². The van der Waals surface area contributed by atoms with Crippen molar-refractivity contribution in [1.82, 2.24) is 4.90 Å². The fourth-order valence-corrected chi connectivity index (χ4v) is 11.7. The van der Waals surface area contributed by atoms with Crippen molar-refractivity contribution in [2.75, 3.05) is 38.0 Å². The van der Waals surface area contributed by atoms with E-state index >= 15 is 0 Å². The number of ether oxygens (including phenoxy) is 1. The number of halogens is 2. The molecule has 0 unspecified atom stereocenters. The predicted molar refractivity (Wildman–Crippen MR) is 179 cm³/mol. The smallest absolute Gasteiger partial charge is 0.0612 e. The molecule has 0 bridgehead atoms. The van der Waals surface area contributed by atoms with Crippen molar-refractivity contribution in [3.8, 4) is 0 Å². The molecule has 0 aromatic rings. The quantitative estimate of drug-likeness (QED) is 0.110. The molecule has 0 radical (unpaired) electrons. The third kappa shape index (κ3) is 5.86. The SMILES string of the molecule is CC(C)CCC[C@@H](C)[C@H]1CC[C@@]2(C)[C@]3(C)CC=C4C[C@@H](OCCCN(CCCl)CCCl)CC[C@]4(C)[C@@]3(C)CC[C@]12C. The monoisotopic (exact) mass is 609 g/mol. The van der Waals surface area contributed by atoms with Crippen LogP contribution >= 0.6 is 23.2 Å². The van der Waals surface area contributed by atoms with Gasteiger partial charge in [0.05, 0.1) is 6.10 Å². The highest BCUT2D eigenvalue weighted by atomic mass is 35.5. The van der Waals surface area contributed by atoms with Gasteiger partial charge >= 0.3 is 0 Å². The third-order valence-corrected chi connectivity index (χ3v) is 15.0. The summed E-state index contributed by atoms with van der Waals surface area (Å²) in [5.41, 5.74) is 3.58. The summed E-state index contributed by atoms with van der Waals surface area (Å²) in [4.78, 5) is 2.37. The third-order valence-electron chi connectivity index (χ3n) is 14.6. The van der Waals surface area contributed by atoms with Crippen LogP contribution in [0.25, 0.3) is 0 Å². The number of hydrogen-bond donors (Lipinski definition) is 0. The molecule has 238 valence electrons. The van der Waals surface area contributed by atoms with Gasteiger partial charge in [-0.3, -0.25) is 0 Å². The van der Waals surface area contributed by atoms with Crippen LogP contribution < -0.4 is 0 Å². The van der Waals surface area contributed by atoms with E-state index in [1.54, 1.807) is 5.57 Å². The van der Waals surface area contributed by atoms with Gasteiger partial charge in [-0.1, -0.05) is 86.3 Å².